The van der Waals surface area contributed by atoms with Crippen LogP contribution < -0.4 is 4.74 Å². The number of nitrogens with zero attached hydrogens (tertiary/aromatic N) is 4. The summed E-state index contributed by atoms with van der Waals surface area (Å²) in [7, 11) is 0. The van der Waals surface area contributed by atoms with Crippen LogP contribution in [0.2, 0.25) is 0 Å². The van der Waals surface area contributed by atoms with Crippen molar-refractivity contribution < 1.29 is 25.8 Å². The van der Waals surface area contributed by atoms with Gasteiger partial charge in [0.2, 0.25) is 0 Å². The first-order valence-corrected chi connectivity index (χ1v) is 17.9. The van der Waals surface area contributed by atoms with Gasteiger partial charge in [-0.2, -0.15) is 17.2 Å². The summed E-state index contributed by atoms with van der Waals surface area (Å²) in [6.45, 7) is 15.9. The third-order valence-corrected chi connectivity index (χ3v) is 9.04. The second-order valence-electron chi connectivity index (χ2n) is 14.9. The molecule has 0 bridgehead atoms. The Morgan fingerprint density at radius 1 is 0.725 bits per heavy atom. The summed E-state index contributed by atoms with van der Waals surface area (Å²) in [5.41, 5.74) is 10.7. The van der Waals surface area contributed by atoms with Crippen molar-refractivity contribution in [2.24, 2.45) is 17.8 Å². The van der Waals surface area contributed by atoms with E-state index in [2.05, 4.69) is 120 Å². The summed E-state index contributed by atoms with van der Waals surface area (Å²) >= 11 is 0. The average molecular weight is 854 g/mol. The van der Waals surface area contributed by atoms with Crippen LogP contribution in [0.5, 0.6) is 11.5 Å². The molecule has 0 aliphatic carbocycles. The van der Waals surface area contributed by atoms with Crippen LogP contribution in [0.1, 0.15) is 63.8 Å². The molecule has 262 valence electrons. The Morgan fingerprint density at radius 3 is 2.14 bits per heavy atom. The van der Waals surface area contributed by atoms with Gasteiger partial charge in [0.15, 0.2) is 0 Å². The monoisotopic (exact) mass is 853 g/mol. The second-order valence-corrected chi connectivity index (χ2v) is 14.9. The molecule has 0 aliphatic heterocycles. The molecule has 4 aromatic carbocycles. The van der Waals surface area contributed by atoms with Crippen LogP contribution in [0.25, 0.3) is 44.4 Å². The van der Waals surface area contributed by atoms with Crippen LogP contribution in [-0.4, -0.2) is 19.3 Å². The van der Waals surface area contributed by atoms with Crippen LogP contribution >= 0.6 is 0 Å². The Kier molecular flexibility index (Phi) is 11.0. The Labute approximate surface area is 317 Å². The third kappa shape index (κ3) is 7.90. The maximum atomic E-state index is 6.44. The van der Waals surface area contributed by atoms with Gasteiger partial charge in [-0.05, 0) is 101 Å². The molecule has 7 rings (SSSR count). The normalized spacial score (nSPS) is 11.6. The predicted octanol–water partition coefficient (Wildman–Crippen LogP) is 11.3. The number of hydrogen-bond donors (Lipinski definition) is 0. The summed E-state index contributed by atoms with van der Waals surface area (Å²) in [6.07, 6.45) is 9.16. The molecule has 0 amide bonds. The van der Waals surface area contributed by atoms with Gasteiger partial charge in [-0.1, -0.05) is 77.4 Å². The number of rotatable bonds is 11. The van der Waals surface area contributed by atoms with Crippen LogP contribution in [0.3, 0.4) is 0 Å². The fraction of sp³-hybridized carbons (Fsp3) is 0.289. The average Bonchev–Trinajstić information content (AvgIpc) is 3.67. The molecule has 0 saturated heterocycles. The van der Waals surface area contributed by atoms with Crippen molar-refractivity contribution in [2.45, 2.75) is 67.7 Å². The molecule has 0 fully saturated rings. The topological polar surface area (TPSA) is 44.9 Å². The summed E-state index contributed by atoms with van der Waals surface area (Å²) in [5.74, 6) is 3.79. The number of pyridine rings is 1. The van der Waals surface area contributed by atoms with E-state index < -0.39 is 0 Å². The van der Waals surface area contributed by atoms with E-state index in [1.54, 1.807) is 0 Å². The van der Waals surface area contributed by atoms with E-state index in [1.165, 1.54) is 22.3 Å². The van der Waals surface area contributed by atoms with Gasteiger partial charge in [0, 0.05) is 35.0 Å². The van der Waals surface area contributed by atoms with Gasteiger partial charge in [-0.25, -0.2) is 4.98 Å². The summed E-state index contributed by atoms with van der Waals surface area (Å²) in [5, 5.41) is 7.10. The van der Waals surface area contributed by atoms with Crippen LogP contribution in [-0.2, 0) is 40.3 Å². The molecule has 0 N–H and O–H groups in total. The van der Waals surface area contributed by atoms with Crippen molar-refractivity contribution in [3.63, 3.8) is 0 Å². The van der Waals surface area contributed by atoms with Gasteiger partial charge >= 0.3 is 21.1 Å². The molecule has 3 heterocycles. The van der Waals surface area contributed by atoms with Crippen LogP contribution in [0, 0.1) is 36.8 Å². The Bertz CT molecular complexity index is 2260. The molecule has 51 heavy (non-hydrogen) atoms. The minimum Gasteiger partial charge on any atom is -0.509 e. The maximum absolute atomic E-state index is 6.44. The van der Waals surface area contributed by atoms with Crippen molar-refractivity contribution >= 4 is 21.8 Å². The van der Waals surface area contributed by atoms with E-state index in [0.29, 0.717) is 29.3 Å². The quantitative estimate of drug-likeness (QED) is 0.122. The number of aromatic nitrogens is 4. The molecule has 7 aromatic rings. The van der Waals surface area contributed by atoms with E-state index in [4.69, 9.17) is 14.8 Å². The molecule has 0 atom stereocenters. The SMILES string of the molecule is Cc1ccnc(-n2c3[c-]c(Oc4[c-]c(-n5cc(-c6c(CC(C)C)cc(CC(C)C)cc6CC(C)C)cn5)ccc4)ccc3c3ccccc32)c1.[Pt+2]. The largest absolute Gasteiger partial charge is 2.00 e. The zero-order valence-corrected chi connectivity index (χ0v) is 32.9. The first-order valence-electron chi connectivity index (χ1n) is 17.9. The number of para-hydroxylation sites is 1. The van der Waals surface area contributed by atoms with E-state index >= 15 is 0 Å². The van der Waals surface area contributed by atoms with E-state index in [0.717, 1.165) is 63.7 Å². The Balaban J connectivity index is 0.00000448. The zero-order chi connectivity index (χ0) is 34.9. The molecule has 0 saturated carbocycles. The standard InChI is InChI=1S/C45H46N4O.Pt/c1-29(2)19-33-23-34(20-30(3)4)45(35(24-33)21-31(5)6)36-27-47-48(28-36)37-11-10-12-38(25-37)50-39-15-16-41-40-13-8-9-14-42(40)49(43(41)26-39)44-22-32(7)17-18-46-44;/h8-18,22-24,27-31H,19-21H2,1-7H3;/q-2;+2. The van der Waals surface area contributed by atoms with Crippen LogP contribution in [0.15, 0.2) is 97.5 Å². The maximum Gasteiger partial charge on any atom is 2.00 e. The van der Waals surface area contributed by atoms with E-state index in [-0.39, 0.29) is 21.1 Å². The van der Waals surface area contributed by atoms with Gasteiger partial charge in [0.05, 0.1) is 6.20 Å². The second kappa shape index (κ2) is 15.4. The minimum absolute atomic E-state index is 0. The molecule has 0 unspecified atom stereocenters. The first-order chi connectivity index (χ1) is 24.1. The van der Waals surface area contributed by atoms with Crippen molar-refractivity contribution in [3.8, 4) is 34.1 Å². The first kappa shape index (κ1) is 36.3. The van der Waals surface area contributed by atoms with Crippen molar-refractivity contribution in [2.75, 3.05) is 0 Å². The van der Waals surface area contributed by atoms with Gasteiger partial charge < -0.3 is 9.30 Å². The fourth-order valence-electron chi connectivity index (χ4n) is 7.15. The van der Waals surface area contributed by atoms with Crippen molar-refractivity contribution in [1.82, 2.24) is 19.3 Å². The molecule has 3 aromatic heterocycles. The summed E-state index contributed by atoms with van der Waals surface area (Å²) in [6, 6.07) is 34.4. The van der Waals surface area contributed by atoms with Crippen molar-refractivity contribution in [1.29, 1.82) is 0 Å². The Hall–Kier alpha value is -4.47. The number of aryl methyl sites for hydroxylation is 1. The summed E-state index contributed by atoms with van der Waals surface area (Å²) in [4.78, 5) is 4.71. The number of fused-ring (bicyclic) bond motifs is 3. The molecule has 0 spiro atoms. The van der Waals surface area contributed by atoms with Crippen LogP contribution in [0.4, 0.5) is 0 Å². The van der Waals surface area contributed by atoms with Crippen molar-refractivity contribution in [3.05, 3.63) is 132 Å². The van der Waals surface area contributed by atoms with Gasteiger partial charge in [0.1, 0.15) is 5.82 Å². The minimum atomic E-state index is 0. The molecule has 5 nitrogen and oxygen atoms in total. The molecular weight excluding hydrogens is 808 g/mol. The van der Waals surface area contributed by atoms with E-state index in [1.807, 2.05) is 47.4 Å². The number of benzene rings is 4. The smallest absolute Gasteiger partial charge is 0.509 e. The fourth-order valence-corrected chi connectivity index (χ4v) is 7.15. The van der Waals surface area contributed by atoms with Gasteiger partial charge in [-0.15, -0.1) is 35.7 Å². The molecule has 0 aliphatic rings. The zero-order valence-electron chi connectivity index (χ0n) is 30.6. The summed E-state index contributed by atoms with van der Waals surface area (Å²) < 4.78 is 10.5. The Morgan fingerprint density at radius 2 is 1.43 bits per heavy atom. The molecule has 0 radical (unpaired) electrons. The van der Waals surface area contributed by atoms with Gasteiger partial charge in [0.25, 0.3) is 0 Å². The van der Waals surface area contributed by atoms with Gasteiger partial charge in [-0.3, -0.25) is 4.68 Å². The third-order valence-electron chi connectivity index (χ3n) is 9.04. The molecular formula is C45H46N4OPt. The van der Waals surface area contributed by atoms with E-state index in [9.17, 15) is 0 Å². The predicted molar refractivity (Wildman–Crippen MR) is 206 cm³/mol. The number of hydrogen-bond acceptors (Lipinski definition) is 3. The number of ether oxygens (including phenoxy) is 1. The molecule has 6 heteroatoms.